The Hall–Kier alpha value is -3.05. The lowest BCUT2D eigenvalue weighted by atomic mass is 10.0. The molecule has 0 unspecified atom stereocenters. The number of hydrogen-bond donors (Lipinski definition) is 0. The van der Waals surface area contributed by atoms with E-state index in [1.54, 1.807) is 0 Å². The molecular formula is C23H26N4O. The molecule has 5 heteroatoms. The van der Waals surface area contributed by atoms with Crippen molar-refractivity contribution in [1.82, 2.24) is 15.1 Å². The maximum absolute atomic E-state index is 5.98. The van der Waals surface area contributed by atoms with E-state index in [2.05, 4.69) is 15.1 Å². The van der Waals surface area contributed by atoms with Gasteiger partial charge in [0.05, 0.1) is 5.71 Å². The molecule has 0 aliphatic carbocycles. The highest BCUT2D eigenvalue weighted by atomic mass is 16.5. The Morgan fingerprint density at radius 1 is 0.857 bits per heavy atom. The van der Waals surface area contributed by atoms with Crippen LogP contribution in [-0.4, -0.2) is 47.1 Å². The predicted octanol–water partition coefficient (Wildman–Crippen LogP) is 4.36. The highest BCUT2D eigenvalue weighted by Crippen LogP contribution is 2.20. The van der Waals surface area contributed by atoms with Crippen molar-refractivity contribution < 1.29 is 4.74 Å². The van der Waals surface area contributed by atoms with Crippen molar-refractivity contribution in [2.24, 2.45) is 4.99 Å². The SMILES string of the molecule is CN(C)CC(C)(C)Oc1ccc(N=C(c2ccccc2)c2ccccc2)nn1. The number of likely N-dealkylation sites (N-methyl/N-ethyl adjacent to an activating group) is 1. The Morgan fingerprint density at radius 3 is 1.89 bits per heavy atom. The smallest absolute Gasteiger partial charge is 0.234 e. The first kappa shape index (κ1) is 19.7. The second-order valence-corrected chi connectivity index (χ2v) is 7.52. The molecule has 144 valence electrons. The molecular weight excluding hydrogens is 348 g/mol. The molecule has 0 fully saturated rings. The van der Waals surface area contributed by atoms with Gasteiger partial charge in [0.15, 0.2) is 5.82 Å². The maximum atomic E-state index is 5.98. The maximum Gasteiger partial charge on any atom is 0.234 e. The Morgan fingerprint density at radius 2 is 1.43 bits per heavy atom. The predicted molar refractivity (Wildman–Crippen MR) is 113 cm³/mol. The van der Waals surface area contributed by atoms with Gasteiger partial charge in [-0.25, -0.2) is 4.99 Å². The van der Waals surface area contributed by atoms with Crippen LogP contribution in [0.15, 0.2) is 77.8 Å². The topological polar surface area (TPSA) is 50.6 Å². The van der Waals surface area contributed by atoms with Crippen LogP contribution in [0.3, 0.4) is 0 Å². The van der Waals surface area contributed by atoms with Gasteiger partial charge < -0.3 is 9.64 Å². The summed E-state index contributed by atoms with van der Waals surface area (Å²) in [5, 5.41) is 8.47. The standard InChI is InChI=1S/C23H26N4O/c1-23(2,17-27(3)4)28-21-16-15-20(25-26-21)24-22(18-11-7-5-8-12-18)19-13-9-6-10-14-19/h5-16H,17H2,1-4H3. The molecule has 0 aliphatic heterocycles. The summed E-state index contributed by atoms with van der Waals surface area (Å²) in [5.41, 5.74) is 2.56. The van der Waals surface area contributed by atoms with E-state index in [9.17, 15) is 0 Å². The van der Waals surface area contributed by atoms with Crippen molar-refractivity contribution in [2.75, 3.05) is 20.6 Å². The number of rotatable bonds is 7. The largest absolute Gasteiger partial charge is 0.469 e. The molecule has 5 nitrogen and oxygen atoms in total. The summed E-state index contributed by atoms with van der Waals surface area (Å²) in [4.78, 5) is 6.85. The summed E-state index contributed by atoms with van der Waals surface area (Å²) < 4.78 is 5.98. The quantitative estimate of drug-likeness (QED) is 0.577. The van der Waals surface area contributed by atoms with Crippen molar-refractivity contribution in [3.8, 4) is 5.88 Å². The van der Waals surface area contributed by atoms with Gasteiger partial charge in [0.2, 0.25) is 5.88 Å². The van der Waals surface area contributed by atoms with Gasteiger partial charge >= 0.3 is 0 Å². The van der Waals surface area contributed by atoms with Crippen molar-refractivity contribution in [3.05, 3.63) is 83.9 Å². The Labute approximate surface area is 166 Å². The second kappa shape index (κ2) is 8.76. The minimum atomic E-state index is -0.359. The number of hydrogen-bond acceptors (Lipinski definition) is 5. The molecule has 0 amide bonds. The van der Waals surface area contributed by atoms with Gasteiger partial charge in [-0.1, -0.05) is 60.7 Å². The summed E-state index contributed by atoms with van der Waals surface area (Å²) in [6, 6.07) is 23.8. The van der Waals surface area contributed by atoms with Crippen LogP contribution in [0.5, 0.6) is 5.88 Å². The third-order valence-corrected chi connectivity index (χ3v) is 4.02. The fourth-order valence-corrected chi connectivity index (χ4v) is 3.11. The number of nitrogens with zero attached hydrogens (tertiary/aromatic N) is 4. The highest BCUT2D eigenvalue weighted by molar-refractivity contribution is 6.13. The molecule has 1 aromatic heterocycles. The average molecular weight is 374 g/mol. The monoisotopic (exact) mass is 374 g/mol. The van der Waals surface area contributed by atoms with Crippen LogP contribution in [0.2, 0.25) is 0 Å². The molecule has 0 N–H and O–H groups in total. The average Bonchev–Trinajstić information content (AvgIpc) is 2.67. The van der Waals surface area contributed by atoms with Crippen molar-refractivity contribution in [2.45, 2.75) is 19.4 Å². The summed E-state index contributed by atoms with van der Waals surface area (Å²) in [6.45, 7) is 4.84. The molecule has 0 spiro atoms. The van der Waals surface area contributed by atoms with E-state index < -0.39 is 0 Å². The second-order valence-electron chi connectivity index (χ2n) is 7.52. The van der Waals surface area contributed by atoms with E-state index in [1.165, 1.54) is 0 Å². The third kappa shape index (κ3) is 5.47. The molecule has 0 saturated heterocycles. The molecule has 0 aliphatic rings. The zero-order valence-corrected chi connectivity index (χ0v) is 16.8. The van der Waals surface area contributed by atoms with Gasteiger partial charge in [-0.2, -0.15) is 0 Å². The van der Waals surface area contributed by atoms with Gasteiger partial charge in [0.25, 0.3) is 0 Å². The lowest BCUT2D eigenvalue weighted by molar-refractivity contribution is 0.0715. The zero-order chi connectivity index (χ0) is 20.0. The number of aromatic nitrogens is 2. The van der Waals surface area contributed by atoms with Crippen LogP contribution in [0.25, 0.3) is 0 Å². The van der Waals surface area contributed by atoms with Crippen LogP contribution < -0.4 is 4.74 Å². The van der Waals surface area contributed by atoms with Gasteiger partial charge in [-0.15, -0.1) is 10.2 Å². The molecule has 0 bridgehead atoms. The van der Waals surface area contributed by atoms with Crippen LogP contribution in [0.4, 0.5) is 5.82 Å². The highest BCUT2D eigenvalue weighted by Gasteiger charge is 2.21. The summed E-state index contributed by atoms with van der Waals surface area (Å²) in [7, 11) is 4.03. The molecule has 28 heavy (non-hydrogen) atoms. The van der Waals surface area contributed by atoms with E-state index in [1.807, 2.05) is 101 Å². The summed E-state index contributed by atoms with van der Waals surface area (Å²) >= 11 is 0. The van der Waals surface area contributed by atoms with Crippen molar-refractivity contribution in [3.63, 3.8) is 0 Å². The third-order valence-electron chi connectivity index (χ3n) is 4.02. The van der Waals surface area contributed by atoms with Gasteiger partial charge in [-0.05, 0) is 34.0 Å². The summed E-state index contributed by atoms with van der Waals surface area (Å²) in [6.07, 6.45) is 0. The van der Waals surface area contributed by atoms with Gasteiger partial charge in [-0.3, -0.25) is 0 Å². The van der Waals surface area contributed by atoms with Gasteiger partial charge in [0.1, 0.15) is 5.60 Å². The van der Waals surface area contributed by atoms with E-state index in [-0.39, 0.29) is 5.60 Å². The first-order valence-corrected chi connectivity index (χ1v) is 9.30. The molecule has 0 radical (unpaired) electrons. The fraction of sp³-hybridized carbons (Fsp3) is 0.261. The van der Waals surface area contributed by atoms with Crippen molar-refractivity contribution >= 4 is 11.5 Å². The molecule has 0 atom stereocenters. The fourth-order valence-electron chi connectivity index (χ4n) is 3.11. The van der Waals surface area contributed by atoms with Crippen molar-refractivity contribution in [1.29, 1.82) is 0 Å². The van der Waals surface area contributed by atoms with Crippen LogP contribution in [-0.2, 0) is 0 Å². The van der Waals surface area contributed by atoms with E-state index in [4.69, 9.17) is 9.73 Å². The molecule has 3 rings (SSSR count). The van der Waals surface area contributed by atoms with Crippen LogP contribution in [0, 0.1) is 0 Å². The first-order valence-electron chi connectivity index (χ1n) is 9.30. The van der Waals surface area contributed by atoms with E-state index in [0.717, 1.165) is 23.4 Å². The number of benzene rings is 2. The minimum Gasteiger partial charge on any atom is -0.469 e. The molecule has 3 aromatic rings. The normalized spacial score (nSPS) is 11.3. The minimum absolute atomic E-state index is 0.359. The number of aliphatic imine (C=N–C) groups is 1. The molecule has 0 saturated carbocycles. The van der Waals surface area contributed by atoms with Crippen LogP contribution >= 0.6 is 0 Å². The summed E-state index contributed by atoms with van der Waals surface area (Å²) in [5.74, 6) is 1.03. The Balaban J connectivity index is 1.87. The first-order chi connectivity index (χ1) is 13.4. The lowest BCUT2D eigenvalue weighted by Gasteiger charge is -2.28. The Kier molecular flexibility index (Phi) is 6.16. The van der Waals surface area contributed by atoms with E-state index in [0.29, 0.717) is 11.7 Å². The molecule has 1 heterocycles. The van der Waals surface area contributed by atoms with Crippen LogP contribution in [0.1, 0.15) is 25.0 Å². The zero-order valence-electron chi connectivity index (χ0n) is 16.8. The lowest BCUT2D eigenvalue weighted by Crippen LogP contribution is -2.39. The van der Waals surface area contributed by atoms with E-state index >= 15 is 0 Å². The Bertz CT molecular complexity index is 863. The molecule has 2 aromatic carbocycles. The van der Waals surface area contributed by atoms with Gasteiger partial charge in [0, 0.05) is 23.7 Å². The number of ether oxygens (including phenoxy) is 1.